The van der Waals surface area contributed by atoms with Gasteiger partial charge in [-0.25, -0.2) is 9.98 Å². The van der Waals surface area contributed by atoms with Crippen LogP contribution in [0.1, 0.15) is 12.7 Å². The summed E-state index contributed by atoms with van der Waals surface area (Å²) in [6.07, 6.45) is 1.53. The molecule has 1 heterocycles. The number of hydrogen-bond acceptors (Lipinski definition) is 4. The van der Waals surface area contributed by atoms with E-state index in [0.29, 0.717) is 24.7 Å². The summed E-state index contributed by atoms with van der Waals surface area (Å²) in [5, 5.41) is 8.01. The summed E-state index contributed by atoms with van der Waals surface area (Å²) in [7, 11) is 3.83. The Balaban J connectivity index is 1.87. The van der Waals surface area contributed by atoms with Gasteiger partial charge >= 0.3 is 0 Å². The summed E-state index contributed by atoms with van der Waals surface area (Å²) in [5.74, 6) is 2.42. The molecule has 0 bridgehead atoms. The van der Waals surface area contributed by atoms with Crippen molar-refractivity contribution in [3.05, 3.63) is 41.4 Å². The van der Waals surface area contributed by atoms with Gasteiger partial charge in [-0.3, -0.25) is 4.68 Å². The van der Waals surface area contributed by atoms with E-state index in [4.69, 9.17) is 16.3 Å². The number of benzene rings is 1. The van der Waals surface area contributed by atoms with E-state index in [1.807, 2.05) is 50.2 Å². The van der Waals surface area contributed by atoms with E-state index >= 15 is 0 Å². The predicted octanol–water partition coefficient (Wildman–Crippen LogP) is 1.94. The number of nitrogens with zero attached hydrogens (tertiary/aromatic N) is 5. The summed E-state index contributed by atoms with van der Waals surface area (Å²) >= 11 is 5.86. The molecule has 2 aromatic rings. The molecular formula is C16H23ClN6O. The van der Waals surface area contributed by atoms with Crippen LogP contribution in [0.4, 0.5) is 0 Å². The number of rotatable bonds is 7. The van der Waals surface area contributed by atoms with Gasteiger partial charge in [-0.2, -0.15) is 5.10 Å². The van der Waals surface area contributed by atoms with Crippen molar-refractivity contribution < 1.29 is 4.74 Å². The summed E-state index contributed by atoms with van der Waals surface area (Å²) in [6.45, 7) is 4.55. The highest BCUT2D eigenvalue weighted by Crippen LogP contribution is 2.15. The molecule has 0 unspecified atom stereocenters. The largest absolute Gasteiger partial charge is 0.492 e. The molecule has 0 saturated carbocycles. The minimum absolute atomic E-state index is 0.473. The highest BCUT2D eigenvalue weighted by molar-refractivity contribution is 6.30. The fourth-order valence-electron chi connectivity index (χ4n) is 2.02. The Bertz CT molecular complexity index is 655. The average Bonchev–Trinajstić information content (AvgIpc) is 2.98. The number of ether oxygens (including phenoxy) is 1. The molecule has 0 aliphatic carbocycles. The van der Waals surface area contributed by atoms with Crippen LogP contribution in [-0.2, 0) is 13.6 Å². The number of aryl methyl sites for hydroxylation is 1. The lowest BCUT2D eigenvalue weighted by atomic mass is 10.3. The van der Waals surface area contributed by atoms with E-state index in [2.05, 4.69) is 20.4 Å². The number of likely N-dealkylation sites (N-methyl/N-ethyl adjacent to an activating group) is 1. The fourth-order valence-corrected chi connectivity index (χ4v) is 2.14. The van der Waals surface area contributed by atoms with Gasteiger partial charge < -0.3 is 15.0 Å². The van der Waals surface area contributed by atoms with E-state index < -0.39 is 0 Å². The van der Waals surface area contributed by atoms with Crippen LogP contribution >= 0.6 is 11.6 Å². The van der Waals surface area contributed by atoms with Crippen molar-refractivity contribution in [2.45, 2.75) is 13.5 Å². The Kier molecular flexibility index (Phi) is 6.87. The van der Waals surface area contributed by atoms with Crippen LogP contribution in [0.3, 0.4) is 0 Å². The van der Waals surface area contributed by atoms with E-state index in [9.17, 15) is 0 Å². The van der Waals surface area contributed by atoms with Gasteiger partial charge in [-0.1, -0.05) is 11.6 Å². The number of hydrogen-bond donors (Lipinski definition) is 1. The van der Waals surface area contributed by atoms with Crippen LogP contribution in [0, 0.1) is 0 Å². The molecular weight excluding hydrogens is 328 g/mol. The molecule has 0 spiro atoms. The Labute approximate surface area is 147 Å². The number of halogens is 1. The zero-order valence-corrected chi connectivity index (χ0v) is 15.0. The van der Waals surface area contributed by atoms with E-state index in [1.54, 1.807) is 4.68 Å². The second kappa shape index (κ2) is 9.12. The first kappa shape index (κ1) is 18.1. The molecule has 0 atom stereocenters. The molecule has 130 valence electrons. The van der Waals surface area contributed by atoms with E-state index in [1.165, 1.54) is 6.33 Å². The van der Waals surface area contributed by atoms with Gasteiger partial charge in [0.15, 0.2) is 5.96 Å². The van der Waals surface area contributed by atoms with Gasteiger partial charge in [0.1, 0.15) is 31.1 Å². The zero-order valence-electron chi connectivity index (χ0n) is 14.2. The number of nitrogens with one attached hydrogen (secondary N) is 1. The maximum atomic E-state index is 5.86. The molecule has 2 rings (SSSR count). The van der Waals surface area contributed by atoms with E-state index in [-0.39, 0.29) is 0 Å². The monoisotopic (exact) mass is 350 g/mol. The molecule has 8 heteroatoms. The summed E-state index contributed by atoms with van der Waals surface area (Å²) < 4.78 is 7.44. The van der Waals surface area contributed by atoms with Gasteiger partial charge in [-0.05, 0) is 31.2 Å². The standard InChI is InChI=1S/C16H23ClN6O/c1-4-18-16(19-11-15-20-12-21-23(15)3)22(2)9-10-24-14-7-5-13(17)6-8-14/h5-8,12H,4,9-11H2,1-3H3,(H,18,19). The fraction of sp³-hybridized carbons (Fsp3) is 0.438. The average molecular weight is 351 g/mol. The highest BCUT2D eigenvalue weighted by atomic mass is 35.5. The summed E-state index contributed by atoms with van der Waals surface area (Å²) in [5.41, 5.74) is 0. The van der Waals surface area contributed by atoms with Crippen molar-refractivity contribution in [3.8, 4) is 5.75 Å². The lowest BCUT2D eigenvalue weighted by molar-refractivity contribution is 0.281. The Morgan fingerprint density at radius 1 is 1.38 bits per heavy atom. The summed E-state index contributed by atoms with van der Waals surface area (Å²) in [4.78, 5) is 10.8. The topological polar surface area (TPSA) is 67.6 Å². The maximum Gasteiger partial charge on any atom is 0.194 e. The molecule has 0 fully saturated rings. The van der Waals surface area contributed by atoms with Crippen molar-refractivity contribution in [2.24, 2.45) is 12.0 Å². The molecule has 0 aliphatic heterocycles. The minimum atomic E-state index is 0.473. The molecule has 1 N–H and O–H groups in total. The second-order valence-corrected chi connectivity index (χ2v) is 5.63. The van der Waals surface area contributed by atoms with Crippen LogP contribution < -0.4 is 10.1 Å². The quantitative estimate of drug-likeness (QED) is 0.610. The molecule has 24 heavy (non-hydrogen) atoms. The molecule has 1 aromatic heterocycles. The van der Waals surface area contributed by atoms with Crippen LogP contribution in [0.25, 0.3) is 0 Å². The van der Waals surface area contributed by atoms with Gasteiger partial charge in [0, 0.05) is 25.7 Å². The van der Waals surface area contributed by atoms with Gasteiger partial charge in [0.25, 0.3) is 0 Å². The summed E-state index contributed by atoms with van der Waals surface area (Å²) in [6, 6.07) is 7.34. The van der Waals surface area contributed by atoms with Crippen LogP contribution in [0.5, 0.6) is 5.75 Å². The third-order valence-electron chi connectivity index (χ3n) is 3.38. The Morgan fingerprint density at radius 3 is 2.75 bits per heavy atom. The van der Waals surface area contributed by atoms with Crippen LogP contribution in [0.2, 0.25) is 5.02 Å². The van der Waals surface area contributed by atoms with Gasteiger partial charge in [0.05, 0.1) is 6.54 Å². The SMILES string of the molecule is CCNC(=NCc1ncnn1C)N(C)CCOc1ccc(Cl)cc1. The molecule has 7 nitrogen and oxygen atoms in total. The lowest BCUT2D eigenvalue weighted by Gasteiger charge is -2.22. The normalized spacial score (nSPS) is 11.4. The highest BCUT2D eigenvalue weighted by Gasteiger charge is 2.07. The predicted molar refractivity (Wildman–Crippen MR) is 95.4 cm³/mol. The first-order valence-electron chi connectivity index (χ1n) is 7.81. The second-order valence-electron chi connectivity index (χ2n) is 5.19. The van der Waals surface area contributed by atoms with Crippen molar-refractivity contribution in [1.29, 1.82) is 0 Å². The lowest BCUT2D eigenvalue weighted by Crippen LogP contribution is -2.40. The molecule has 0 radical (unpaired) electrons. The Morgan fingerprint density at radius 2 is 2.12 bits per heavy atom. The van der Waals surface area contributed by atoms with Crippen LogP contribution in [0.15, 0.2) is 35.6 Å². The third-order valence-corrected chi connectivity index (χ3v) is 3.63. The number of aromatic nitrogens is 3. The Hall–Kier alpha value is -2.28. The van der Waals surface area contributed by atoms with Crippen LogP contribution in [-0.4, -0.2) is 52.4 Å². The van der Waals surface area contributed by atoms with Crippen molar-refractivity contribution in [2.75, 3.05) is 26.7 Å². The number of aliphatic imine (C=N–C) groups is 1. The molecule has 0 aliphatic rings. The first-order chi connectivity index (χ1) is 11.6. The first-order valence-corrected chi connectivity index (χ1v) is 8.18. The van der Waals surface area contributed by atoms with Crippen molar-refractivity contribution in [3.63, 3.8) is 0 Å². The van der Waals surface area contributed by atoms with Gasteiger partial charge in [-0.15, -0.1) is 0 Å². The third kappa shape index (κ3) is 5.42. The molecule has 0 amide bonds. The maximum absolute atomic E-state index is 5.86. The molecule has 1 aromatic carbocycles. The van der Waals surface area contributed by atoms with Crippen molar-refractivity contribution >= 4 is 17.6 Å². The van der Waals surface area contributed by atoms with E-state index in [0.717, 1.165) is 24.1 Å². The molecule has 0 saturated heterocycles. The zero-order chi connectivity index (χ0) is 17.4. The smallest absolute Gasteiger partial charge is 0.194 e. The number of guanidine groups is 1. The minimum Gasteiger partial charge on any atom is -0.492 e. The van der Waals surface area contributed by atoms with Crippen molar-refractivity contribution in [1.82, 2.24) is 25.0 Å². The van der Waals surface area contributed by atoms with Gasteiger partial charge in [0.2, 0.25) is 0 Å².